The number of hydrogen-bond acceptors (Lipinski definition) is 3. The van der Waals surface area contributed by atoms with Gasteiger partial charge in [-0.25, -0.2) is 4.39 Å². The van der Waals surface area contributed by atoms with Crippen molar-refractivity contribution in [3.8, 4) is 0 Å². The largest absolute Gasteiger partial charge is 0.460 e. The standard InChI is InChI=1S/C28H32FNO2/c1-21(23-14-9-6-10-15-23)30(20-22-12-7-5-8-13-22)26(19-27(31)32-28(2,3)4)24-16-11-17-25(29)18-24/h5-18,21,26H,19-20H2,1-4H3/t21-,26+/m0/s1/i19D/t19-,21+,26-/m1. The number of carbonyl (C=O) groups is 1. The van der Waals surface area contributed by atoms with Gasteiger partial charge in [-0.05, 0) is 56.5 Å². The van der Waals surface area contributed by atoms with Gasteiger partial charge in [-0.1, -0.05) is 72.8 Å². The molecule has 4 heteroatoms. The van der Waals surface area contributed by atoms with E-state index in [0.29, 0.717) is 12.1 Å². The van der Waals surface area contributed by atoms with Gasteiger partial charge in [0.2, 0.25) is 0 Å². The fourth-order valence-corrected chi connectivity index (χ4v) is 3.73. The van der Waals surface area contributed by atoms with Gasteiger partial charge in [0.25, 0.3) is 0 Å². The van der Waals surface area contributed by atoms with Crippen LogP contribution in [0.15, 0.2) is 84.9 Å². The van der Waals surface area contributed by atoms with Gasteiger partial charge in [-0.2, -0.15) is 0 Å². The SMILES string of the molecule is [2H][C@@H](C(=O)OC(C)(C)C)[C@H](c1cccc(F)c1)N(Cc1ccccc1)[C@@H](C)c1ccccc1. The lowest BCUT2D eigenvalue weighted by atomic mass is 9.96. The molecule has 3 rings (SSSR count). The van der Waals surface area contributed by atoms with Crippen molar-refractivity contribution < 1.29 is 15.3 Å². The van der Waals surface area contributed by atoms with Crippen LogP contribution in [0.1, 0.15) is 64.2 Å². The van der Waals surface area contributed by atoms with E-state index >= 15 is 0 Å². The molecule has 3 aromatic carbocycles. The van der Waals surface area contributed by atoms with Gasteiger partial charge >= 0.3 is 5.97 Å². The maximum atomic E-state index is 14.3. The van der Waals surface area contributed by atoms with Crippen molar-refractivity contribution in [3.05, 3.63) is 107 Å². The summed E-state index contributed by atoms with van der Waals surface area (Å²) in [4.78, 5) is 15.1. The highest BCUT2D eigenvalue weighted by Crippen LogP contribution is 2.35. The molecule has 0 amide bonds. The lowest BCUT2D eigenvalue weighted by Crippen LogP contribution is -2.34. The van der Waals surface area contributed by atoms with Crippen molar-refractivity contribution in [1.82, 2.24) is 4.90 Å². The molecular formula is C28H32FNO2. The van der Waals surface area contributed by atoms with Crippen molar-refractivity contribution in [3.63, 3.8) is 0 Å². The van der Waals surface area contributed by atoms with Gasteiger partial charge < -0.3 is 4.74 Å². The van der Waals surface area contributed by atoms with Crippen molar-refractivity contribution in [2.75, 3.05) is 0 Å². The molecule has 3 nitrogen and oxygen atoms in total. The quantitative estimate of drug-likeness (QED) is 0.363. The summed E-state index contributed by atoms with van der Waals surface area (Å²) in [5.74, 6) is -1.03. The van der Waals surface area contributed by atoms with Crippen LogP contribution in [0, 0.1) is 5.82 Å². The van der Waals surface area contributed by atoms with Crippen LogP contribution < -0.4 is 0 Å². The van der Waals surface area contributed by atoms with Gasteiger partial charge in [0.1, 0.15) is 11.4 Å². The van der Waals surface area contributed by atoms with Gasteiger partial charge in [-0.15, -0.1) is 0 Å². The van der Waals surface area contributed by atoms with Crippen molar-refractivity contribution >= 4 is 5.97 Å². The maximum Gasteiger partial charge on any atom is 0.308 e. The van der Waals surface area contributed by atoms with Crippen LogP contribution in [0.4, 0.5) is 4.39 Å². The number of benzene rings is 3. The molecule has 0 aromatic heterocycles. The summed E-state index contributed by atoms with van der Waals surface area (Å²) >= 11 is 0. The summed E-state index contributed by atoms with van der Waals surface area (Å²) in [5.41, 5.74) is 1.93. The van der Waals surface area contributed by atoms with E-state index in [0.717, 1.165) is 11.1 Å². The Kier molecular flexibility index (Phi) is 7.33. The predicted molar refractivity (Wildman–Crippen MR) is 126 cm³/mol. The maximum absolute atomic E-state index is 14.3. The number of carbonyl (C=O) groups excluding carboxylic acids is 1. The summed E-state index contributed by atoms with van der Waals surface area (Å²) in [6.45, 7) is 7.87. The van der Waals surface area contributed by atoms with E-state index in [-0.39, 0.29) is 6.04 Å². The smallest absolute Gasteiger partial charge is 0.308 e. The lowest BCUT2D eigenvalue weighted by Gasteiger charge is -2.37. The average molecular weight is 435 g/mol. The fourth-order valence-electron chi connectivity index (χ4n) is 3.73. The Labute approximate surface area is 192 Å². The second-order valence-corrected chi connectivity index (χ2v) is 8.94. The summed E-state index contributed by atoms with van der Waals surface area (Å²) in [6, 6.07) is 25.2. The molecule has 3 aromatic rings. The molecule has 0 bridgehead atoms. The third kappa shape index (κ3) is 6.76. The average Bonchev–Trinajstić information content (AvgIpc) is 2.78. The number of halogens is 1. The van der Waals surface area contributed by atoms with E-state index in [2.05, 4.69) is 4.90 Å². The summed E-state index contributed by atoms with van der Waals surface area (Å²) in [5, 5.41) is 0. The summed E-state index contributed by atoms with van der Waals surface area (Å²) in [6.07, 6.45) is -1.26. The molecule has 0 saturated carbocycles. The van der Waals surface area contributed by atoms with Gasteiger partial charge in [0.05, 0.1) is 6.40 Å². The number of ether oxygens (including phenoxy) is 1. The Balaban J connectivity index is 2.10. The predicted octanol–water partition coefficient (Wildman–Crippen LogP) is 6.86. The lowest BCUT2D eigenvalue weighted by molar-refractivity contribution is -0.156. The van der Waals surface area contributed by atoms with Crippen molar-refractivity contribution in [2.45, 2.75) is 58.3 Å². The van der Waals surface area contributed by atoms with E-state index in [9.17, 15) is 9.18 Å². The minimum Gasteiger partial charge on any atom is -0.460 e. The third-order valence-corrected chi connectivity index (χ3v) is 5.24. The highest BCUT2D eigenvalue weighted by Gasteiger charge is 2.30. The third-order valence-electron chi connectivity index (χ3n) is 5.24. The minimum atomic E-state index is -1.26. The highest BCUT2D eigenvalue weighted by molar-refractivity contribution is 5.71. The molecule has 0 unspecified atom stereocenters. The Morgan fingerprint density at radius 2 is 1.56 bits per heavy atom. The van der Waals surface area contributed by atoms with E-state index < -0.39 is 29.8 Å². The molecular weight excluding hydrogens is 401 g/mol. The van der Waals surface area contributed by atoms with Gasteiger partial charge in [0.15, 0.2) is 0 Å². The molecule has 32 heavy (non-hydrogen) atoms. The number of nitrogens with zero attached hydrogens (tertiary/aromatic N) is 1. The normalized spacial score (nSPS) is 15.0. The van der Waals surface area contributed by atoms with Crippen LogP contribution in [0.5, 0.6) is 0 Å². The molecule has 0 radical (unpaired) electrons. The molecule has 0 saturated heterocycles. The molecule has 0 spiro atoms. The first-order chi connectivity index (χ1) is 15.7. The monoisotopic (exact) mass is 434 g/mol. The van der Waals surface area contributed by atoms with Crippen LogP contribution in [0.25, 0.3) is 0 Å². The zero-order chi connectivity index (χ0) is 24.0. The minimum absolute atomic E-state index is 0.144. The summed E-state index contributed by atoms with van der Waals surface area (Å²) in [7, 11) is 0. The Bertz CT molecular complexity index is 1040. The molecule has 0 aliphatic heterocycles. The molecule has 3 atom stereocenters. The topological polar surface area (TPSA) is 29.5 Å². The molecule has 0 aliphatic carbocycles. The van der Waals surface area contributed by atoms with Crippen LogP contribution in [-0.4, -0.2) is 16.5 Å². The number of hydrogen-bond donors (Lipinski definition) is 0. The van der Waals surface area contributed by atoms with Gasteiger partial charge in [0, 0.05) is 20.0 Å². The van der Waals surface area contributed by atoms with Crippen LogP contribution >= 0.6 is 0 Å². The van der Waals surface area contributed by atoms with Crippen molar-refractivity contribution in [2.24, 2.45) is 0 Å². The first kappa shape index (κ1) is 22.2. The van der Waals surface area contributed by atoms with E-state index in [4.69, 9.17) is 6.11 Å². The molecule has 0 aliphatic rings. The number of rotatable bonds is 8. The Morgan fingerprint density at radius 1 is 0.969 bits per heavy atom. The highest BCUT2D eigenvalue weighted by atomic mass is 19.1. The number of esters is 1. The van der Waals surface area contributed by atoms with Gasteiger partial charge in [-0.3, -0.25) is 9.69 Å². The zero-order valence-electron chi connectivity index (χ0n) is 20.2. The second kappa shape index (κ2) is 10.6. The van der Waals surface area contributed by atoms with E-state index in [1.165, 1.54) is 12.1 Å². The zero-order valence-corrected chi connectivity index (χ0v) is 19.2. The second-order valence-electron chi connectivity index (χ2n) is 8.94. The molecule has 0 fully saturated rings. The first-order valence-corrected chi connectivity index (χ1v) is 10.9. The molecule has 168 valence electrons. The Hall–Kier alpha value is -2.98. The van der Waals surface area contributed by atoms with Crippen LogP contribution in [0.3, 0.4) is 0 Å². The Morgan fingerprint density at radius 3 is 2.16 bits per heavy atom. The molecule has 0 N–H and O–H groups in total. The fraction of sp³-hybridized carbons (Fsp3) is 0.321. The van der Waals surface area contributed by atoms with Crippen LogP contribution in [0.2, 0.25) is 0 Å². The van der Waals surface area contributed by atoms with E-state index in [1.807, 2.05) is 67.6 Å². The van der Waals surface area contributed by atoms with Crippen molar-refractivity contribution in [1.29, 1.82) is 0 Å². The van der Waals surface area contributed by atoms with Crippen LogP contribution in [-0.2, 0) is 16.1 Å². The summed E-state index contributed by atoms with van der Waals surface area (Å²) < 4.78 is 28.8. The van der Waals surface area contributed by atoms with E-state index in [1.54, 1.807) is 32.9 Å². The first-order valence-electron chi connectivity index (χ1n) is 11.5. The molecule has 0 heterocycles.